The van der Waals surface area contributed by atoms with Crippen molar-refractivity contribution in [2.75, 3.05) is 11.9 Å². The third kappa shape index (κ3) is 3.60. The molecular weight excluding hydrogens is 258 g/mol. The summed E-state index contributed by atoms with van der Waals surface area (Å²) in [6.45, 7) is 3.84. The molecule has 2 N–H and O–H groups in total. The molecule has 1 aromatic carbocycles. The Morgan fingerprint density at radius 1 is 1.40 bits per heavy atom. The Bertz CT molecular complexity index is 509. The van der Waals surface area contributed by atoms with Crippen molar-refractivity contribution in [3.63, 3.8) is 0 Å². The topological polar surface area (TPSA) is 75.6 Å². The van der Waals surface area contributed by atoms with Gasteiger partial charge in [-0.25, -0.2) is 4.79 Å². The van der Waals surface area contributed by atoms with E-state index in [1.807, 2.05) is 12.1 Å². The van der Waals surface area contributed by atoms with Crippen molar-refractivity contribution in [2.24, 2.45) is 5.92 Å². The molecule has 0 aromatic heterocycles. The van der Waals surface area contributed by atoms with Gasteiger partial charge in [0.05, 0.1) is 12.5 Å². The quantitative estimate of drug-likeness (QED) is 0.618. The molecule has 20 heavy (non-hydrogen) atoms. The number of carboxylic acids is 1. The summed E-state index contributed by atoms with van der Waals surface area (Å²) in [4.78, 5) is 22.2. The summed E-state index contributed by atoms with van der Waals surface area (Å²) in [6, 6.07) is 7.18. The Hall–Kier alpha value is -2.30. The van der Waals surface area contributed by atoms with Gasteiger partial charge >= 0.3 is 12.1 Å². The number of nitrogens with one attached hydrogen (secondary N) is 1. The van der Waals surface area contributed by atoms with Gasteiger partial charge in [0.15, 0.2) is 0 Å². The summed E-state index contributed by atoms with van der Waals surface area (Å²) in [5, 5.41) is 11.5. The largest absolute Gasteiger partial charge is 0.481 e. The normalized spacial score (nSPS) is 20.0. The lowest BCUT2D eigenvalue weighted by Gasteiger charge is -2.07. The van der Waals surface area contributed by atoms with E-state index >= 15 is 0 Å². The molecule has 5 heteroatoms. The molecule has 1 aliphatic rings. The van der Waals surface area contributed by atoms with Gasteiger partial charge in [0.2, 0.25) is 0 Å². The highest BCUT2D eigenvalue weighted by molar-refractivity contribution is 5.84. The number of ether oxygens (including phenoxy) is 1. The van der Waals surface area contributed by atoms with Crippen molar-refractivity contribution in [2.45, 2.75) is 18.8 Å². The number of carboxylic acid groups (broad SMARTS) is 1. The van der Waals surface area contributed by atoms with Crippen LogP contribution in [0.5, 0.6) is 0 Å². The molecule has 5 nitrogen and oxygen atoms in total. The molecule has 2 rings (SSSR count). The predicted molar refractivity (Wildman–Crippen MR) is 74.7 cm³/mol. The van der Waals surface area contributed by atoms with E-state index in [2.05, 4.69) is 11.9 Å². The fourth-order valence-corrected chi connectivity index (χ4v) is 2.04. The Kier molecular flexibility index (Phi) is 4.40. The lowest BCUT2D eigenvalue weighted by Crippen LogP contribution is -2.14. The van der Waals surface area contributed by atoms with E-state index in [1.165, 1.54) is 0 Å². The monoisotopic (exact) mass is 275 g/mol. The average Bonchev–Trinajstić information content (AvgIpc) is 3.20. The predicted octanol–water partition coefficient (Wildman–Crippen LogP) is 3.00. The van der Waals surface area contributed by atoms with Crippen molar-refractivity contribution < 1.29 is 19.4 Å². The van der Waals surface area contributed by atoms with Gasteiger partial charge in [-0.1, -0.05) is 18.2 Å². The maximum absolute atomic E-state index is 11.4. The molecule has 1 saturated carbocycles. The maximum atomic E-state index is 11.4. The number of carbonyl (C=O) groups excluding carboxylic acids is 1. The van der Waals surface area contributed by atoms with Gasteiger partial charge in [-0.15, -0.1) is 6.58 Å². The molecule has 2 unspecified atom stereocenters. The summed E-state index contributed by atoms with van der Waals surface area (Å²) >= 11 is 0. The number of hydrogen-bond acceptors (Lipinski definition) is 3. The van der Waals surface area contributed by atoms with Crippen molar-refractivity contribution >= 4 is 17.7 Å². The molecule has 0 aliphatic heterocycles. The Balaban J connectivity index is 1.84. The lowest BCUT2D eigenvalue weighted by atomic mass is 10.1. The zero-order valence-corrected chi connectivity index (χ0v) is 11.0. The van der Waals surface area contributed by atoms with E-state index in [0.717, 1.165) is 5.56 Å². The molecule has 0 radical (unpaired) electrons. The van der Waals surface area contributed by atoms with Crippen LogP contribution in [0.2, 0.25) is 0 Å². The number of benzene rings is 1. The van der Waals surface area contributed by atoms with Crippen molar-refractivity contribution in [3.05, 3.63) is 42.5 Å². The number of aliphatic carboxylic acids is 1. The molecule has 1 fully saturated rings. The first-order chi connectivity index (χ1) is 9.61. The van der Waals surface area contributed by atoms with Crippen LogP contribution in [-0.2, 0) is 9.53 Å². The third-order valence-corrected chi connectivity index (χ3v) is 3.25. The Morgan fingerprint density at radius 3 is 2.65 bits per heavy atom. The van der Waals surface area contributed by atoms with Crippen LogP contribution >= 0.6 is 0 Å². The highest BCUT2D eigenvalue weighted by atomic mass is 16.5. The van der Waals surface area contributed by atoms with Crippen LogP contribution < -0.4 is 5.32 Å². The average molecular weight is 275 g/mol. The van der Waals surface area contributed by atoms with E-state index in [4.69, 9.17) is 9.84 Å². The number of anilines is 1. The SMILES string of the molecule is C=CCCOC(=O)Nc1ccc(C2CC2C(=O)O)cc1. The minimum Gasteiger partial charge on any atom is -0.481 e. The van der Waals surface area contributed by atoms with Crippen molar-refractivity contribution in [1.82, 2.24) is 0 Å². The van der Waals surface area contributed by atoms with Gasteiger partial charge < -0.3 is 9.84 Å². The summed E-state index contributed by atoms with van der Waals surface area (Å²) in [7, 11) is 0. The second-order valence-corrected chi connectivity index (χ2v) is 4.75. The summed E-state index contributed by atoms with van der Waals surface area (Å²) in [5.74, 6) is -0.915. The van der Waals surface area contributed by atoms with E-state index < -0.39 is 12.1 Å². The molecule has 1 aromatic rings. The smallest absolute Gasteiger partial charge is 0.411 e. The molecule has 0 saturated heterocycles. The second-order valence-electron chi connectivity index (χ2n) is 4.75. The molecule has 1 amide bonds. The van der Waals surface area contributed by atoms with Crippen LogP contribution in [0, 0.1) is 5.92 Å². The van der Waals surface area contributed by atoms with Crippen molar-refractivity contribution in [3.8, 4) is 0 Å². The number of rotatable bonds is 6. The zero-order valence-electron chi connectivity index (χ0n) is 11.0. The van der Waals surface area contributed by atoms with Crippen LogP contribution in [0.3, 0.4) is 0 Å². The van der Waals surface area contributed by atoms with Gasteiger partial charge in [0.25, 0.3) is 0 Å². The van der Waals surface area contributed by atoms with Crippen LogP contribution in [0.1, 0.15) is 24.3 Å². The van der Waals surface area contributed by atoms with E-state index in [0.29, 0.717) is 25.1 Å². The Morgan fingerprint density at radius 2 is 2.10 bits per heavy atom. The third-order valence-electron chi connectivity index (χ3n) is 3.25. The Labute approximate surface area is 117 Å². The first-order valence-corrected chi connectivity index (χ1v) is 6.49. The molecule has 0 bridgehead atoms. The van der Waals surface area contributed by atoms with Crippen LogP contribution in [0.25, 0.3) is 0 Å². The van der Waals surface area contributed by atoms with Gasteiger partial charge in [-0.3, -0.25) is 10.1 Å². The van der Waals surface area contributed by atoms with Crippen LogP contribution in [0.4, 0.5) is 10.5 Å². The van der Waals surface area contributed by atoms with Gasteiger partial charge in [0.1, 0.15) is 0 Å². The van der Waals surface area contributed by atoms with E-state index in [1.54, 1.807) is 18.2 Å². The molecule has 106 valence electrons. The fraction of sp³-hybridized carbons (Fsp3) is 0.333. The molecule has 0 spiro atoms. The summed E-state index contributed by atoms with van der Waals surface area (Å²) < 4.78 is 4.93. The standard InChI is InChI=1S/C15H17NO4/c1-2-3-8-20-15(19)16-11-6-4-10(5-7-11)12-9-13(12)14(17)18/h2,4-7,12-13H,1,3,8-9H2,(H,16,19)(H,17,18). The first kappa shape index (κ1) is 14.1. The second kappa shape index (κ2) is 6.23. The number of amides is 1. The fourth-order valence-electron chi connectivity index (χ4n) is 2.04. The van der Waals surface area contributed by atoms with Gasteiger partial charge in [-0.05, 0) is 36.5 Å². The van der Waals surface area contributed by atoms with E-state index in [9.17, 15) is 9.59 Å². The van der Waals surface area contributed by atoms with E-state index in [-0.39, 0.29) is 11.8 Å². The molecule has 2 atom stereocenters. The molecule has 0 heterocycles. The minimum atomic E-state index is -0.747. The molecular formula is C15H17NO4. The summed E-state index contributed by atoms with van der Waals surface area (Å²) in [5.41, 5.74) is 1.62. The van der Waals surface area contributed by atoms with Gasteiger partial charge in [-0.2, -0.15) is 0 Å². The van der Waals surface area contributed by atoms with Crippen molar-refractivity contribution in [1.29, 1.82) is 0 Å². The zero-order chi connectivity index (χ0) is 14.5. The first-order valence-electron chi connectivity index (χ1n) is 6.49. The lowest BCUT2D eigenvalue weighted by molar-refractivity contribution is -0.138. The highest BCUT2D eigenvalue weighted by Crippen LogP contribution is 2.47. The number of carbonyl (C=O) groups is 2. The maximum Gasteiger partial charge on any atom is 0.411 e. The molecule has 1 aliphatic carbocycles. The van der Waals surface area contributed by atoms with Crippen LogP contribution in [0.15, 0.2) is 36.9 Å². The summed E-state index contributed by atoms with van der Waals surface area (Å²) in [6.07, 6.45) is 2.47. The minimum absolute atomic E-state index is 0.0982. The highest BCUT2D eigenvalue weighted by Gasteiger charge is 2.43. The van der Waals surface area contributed by atoms with Crippen LogP contribution in [-0.4, -0.2) is 23.8 Å². The van der Waals surface area contributed by atoms with Gasteiger partial charge in [0, 0.05) is 5.69 Å². The number of hydrogen-bond donors (Lipinski definition) is 2.